The highest BCUT2D eigenvalue weighted by molar-refractivity contribution is 7.91. The monoisotopic (exact) mass is 299 g/mol. The van der Waals surface area contributed by atoms with Crippen LogP contribution < -0.4 is 0 Å². The molecule has 5 heteroatoms. The highest BCUT2D eigenvalue weighted by atomic mass is 35.5. The van der Waals surface area contributed by atoms with E-state index >= 15 is 0 Å². The topological polar surface area (TPSA) is 37.4 Å². The van der Waals surface area contributed by atoms with Crippen molar-refractivity contribution in [1.82, 2.24) is 4.90 Å². The molecule has 0 spiro atoms. The van der Waals surface area contributed by atoms with E-state index in [1.165, 1.54) is 0 Å². The zero-order valence-corrected chi connectivity index (χ0v) is 12.3. The Balaban J connectivity index is 2.13. The first kappa shape index (κ1) is 14.6. The summed E-state index contributed by atoms with van der Waals surface area (Å²) in [6.45, 7) is 5.08. The van der Waals surface area contributed by atoms with Gasteiger partial charge in [0.15, 0.2) is 9.84 Å². The number of nitrogens with zero attached hydrogens (tertiary/aromatic N) is 1. The summed E-state index contributed by atoms with van der Waals surface area (Å²) in [6, 6.07) is 7.73. The van der Waals surface area contributed by atoms with Crippen molar-refractivity contribution in [2.45, 2.75) is 19.0 Å². The van der Waals surface area contributed by atoms with Gasteiger partial charge in [-0.15, -0.1) is 6.58 Å². The van der Waals surface area contributed by atoms with Crippen LogP contribution in [0.1, 0.15) is 12.0 Å². The molecule has 0 amide bonds. The van der Waals surface area contributed by atoms with Crippen LogP contribution >= 0.6 is 11.6 Å². The van der Waals surface area contributed by atoms with Crippen LogP contribution in [0.25, 0.3) is 0 Å². The maximum Gasteiger partial charge on any atom is 0.151 e. The second-order valence-electron chi connectivity index (χ2n) is 4.87. The normalized spacial score (nSPS) is 21.7. The fourth-order valence-electron chi connectivity index (χ4n) is 2.42. The number of sulfone groups is 1. The van der Waals surface area contributed by atoms with Crippen LogP contribution in [-0.4, -0.2) is 37.4 Å². The molecule has 19 heavy (non-hydrogen) atoms. The van der Waals surface area contributed by atoms with Crippen molar-refractivity contribution in [1.29, 1.82) is 0 Å². The largest absolute Gasteiger partial charge is 0.291 e. The van der Waals surface area contributed by atoms with Gasteiger partial charge in [-0.25, -0.2) is 8.42 Å². The molecule has 2 rings (SSSR count). The van der Waals surface area contributed by atoms with Crippen LogP contribution in [-0.2, 0) is 16.4 Å². The van der Waals surface area contributed by atoms with Gasteiger partial charge < -0.3 is 0 Å². The molecule has 0 radical (unpaired) electrons. The number of rotatable bonds is 5. The fraction of sp³-hybridized carbons (Fsp3) is 0.429. The summed E-state index contributed by atoms with van der Waals surface area (Å²) in [5.74, 6) is 0.527. The predicted molar refractivity (Wildman–Crippen MR) is 79.1 cm³/mol. The van der Waals surface area contributed by atoms with Crippen molar-refractivity contribution < 1.29 is 8.42 Å². The molecule has 1 aliphatic heterocycles. The Morgan fingerprint density at radius 1 is 1.42 bits per heavy atom. The van der Waals surface area contributed by atoms with Crippen LogP contribution in [0.15, 0.2) is 36.9 Å². The molecule has 1 heterocycles. The molecule has 3 nitrogen and oxygen atoms in total. The molecule has 0 aromatic heterocycles. The van der Waals surface area contributed by atoms with Gasteiger partial charge in [-0.1, -0.05) is 35.9 Å². The maximum atomic E-state index is 11.6. The third-order valence-electron chi connectivity index (χ3n) is 3.42. The molecule has 1 aromatic rings. The molecular weight excluding hydrogens is 282 g/mol. The smallest absolute Gasteiger partial charge is 0.151 e. The number of benzene rings is 1. The highest BCUT2D eigenvalue weighted by Crippen LogP contribution is 2.23. The summed E-state index contributed by atoms with van der Waals surface area (Å²) in [7, 11) is -2.87. The van der Waals surface area contributed by atoms with Gasteiger partial charge in [-0.2, -0.15) is 0 Å². The quantitative estimate of drug-likeness (QED) is 0.784. The van der Waals surface area contributed by atoms with E-state index in [-0.39, 0.29) is 17.5 Å². The number of hydrogen-bond acceptors (Lipinski definition) is 3. The molecule has 0 aliphatic carbocycles. The van der Waals surface area contributed by atoms with Crippen LogP contribution in [0.5, 0.6) is 0 Å². The molecule has 0 bridgehead atoms. The van der Waals surface area contributed by atoms with Gasteiger partial charge in [-0.3, -0.25) is 4.90 Å². The third kappa shape index (κ3) is 3.81. The minimum absolute atomic E-state index is 0.0688. The fourth-order valence-corrected chi connectivity index (χ4v) is 4.37. The molecule has 1 atom stereocenters. The van der Waals surface area contributed by atoms with Gasteiger partial charge in [0.05, 0.1) is 11.5 Å². The summed E-state index contributed by atoms with van der Waals surface area (Å²) in [4.78, 5) is 2.14. The average Bonchev–Trinajstić information content (AvgIpc) is 2.72. The Morgan fingerprint density at radius 2 is 2.16 bits per heavy atom. The summed E-state index contributed by atoms with van der Waals surface area (Å²) in [5, 5.41) is 0.720. The van der Waals surface area contributed by atoms with Gasteiger partial charge in [-0.05, 0) is 18.1 Å². The molecule has 1 saturated heterocycles. The minimum atomic E-state index is -2.87. The van der Waals surface area contributed by atoms with Crippen LogP contribution in [0, 0.1) is 0 Å². The van der Waals surface area contributed by atoms with E-state index in [4.69, 9.17) is 11.6 Å². The number of hydrogen-bond donors (Lipinski definition) is 0. The van der Waals surface area contributed by atoms with E-state index < -0.39 is 9.84 Å². The van der Waals surface area contributed by atoms with Crippen molar-refractivity contribution in [2.24, 2.45) is 0 Å². The Kier molecular flexibility index (Phi) is 4.66. The number of halogens is 1. The van der Waals surface area contributed by atoms with Crippen molar-refractivity contribution in [2.75, 3.05) is 18.1 Å². The van der Waals surface area contributed by atoms with Crippen molar-refractivity contribution in [3.05, 3.63) is 47.5 Å². The Bertz CT molecular complexity index is 556. The van der Waals surface area contributed by atoms with E-state index in [0.29, 0.717) is 19.5 Å². The molecule has 1 aromatic carbocycles. The van der Waals surface area contributed by atoms with E-state index in [0.717, 1.165) is 10.6 Å². The standard InChI is InChI=1S/C14H18ClNO2S/c1-2-8-16(13-7-9-19(17,18)11-13)10-12-5-3-4-6-14(12)15/h2-6,13H,1,7-11H2/t13-/m1/s1. The van der Waals surface area contributed by atoms with E-state index in [2.05, 4.69) is 11.5 Å². The second kappa shape index (κ2) is 6.07. The van der Waals surface area contributed by atoms with E-state index in [9.17, 15) is 8.42 Å². The summed E-state index contributed by atoms with van der Waals surface area (Å²) < 4.78 is 23.2. The Hall–Kier alpha value is -0.840. The highest BCUT2D eigenvalue weighted by Gasteiger charge is 2.31. The van der Waals surface area contributed by atoms with Crippen LogP contribution in [0.2, 0.25) is 5.02 Å². The van der Waals surface area contributed by atoms with Crippen molar-refractivity contribution in [3.8, 4) is 0 Å². The molecule has 1 aliphatic rings. The molecule has 104 valence electrons. The van der Waals surface area contributed by atoms with Crippen LogP contribution in [0.4, 0.5) is 0 Å². The lowest BCUT2D eigenvalue weighted by Crippen LogP contribution is -2.35. The second-order valence-corrected chi connectivity index (χ2v) is 7.50. The first-order valence-corrected chi connectivity index (χ1v) is 8.50. The minimum Gasteiger partial charge on any atom is -0.291 e. The van der Waals surface area contributed by atoms with Gasteiger partial charge in [0.1, 0.15) is 0 Å². The molecule has 0 unspecified atom stereocenters. The molecule has 0 N–H and O–H groups in total. The predicted octanol–water partition coefficient (Wildman–Crippen LogP) is 2.52. The lowest BCUT2D eigenvalue weighted by molar-refractivity contribution is 0.227. The van der Waals surface area contributed by atoms with Crippen LogP contribution in [0.3, 0.4) is 0 Å². The molecule has 0 saturated carbocycles. The third-order valence-corrected chi connectivity index (χ3v) is 5.54. The molecular formula is C14H18ClNO2S. The maximum absolute atomic E-state index is 11.6. The SMILES string of the molecule is C=CCN(Cc1ccccc1Cl)[C@@H]1CCS(=O)(=O)C1. The summed E-state index contributed by atoms with van der Waals surface area (Å²) >= 11 is 6.16. The molecule has 1 fully saturated rings. The first-order chi connectivity index (χ1) is 9.02. The van der Waals surface area contributed by atoms with E-state index in [1.807, 2.05) is 30.3 Å². The van der Waals surface area contributed by atoms with Gasteiger partial charge >= 0.3 is 0 Å². The average molecular weight is 300 g/mol. The zero-order valence-electron chi connectivity index (χ0n) is 10.8. The first-order valence-electron chi connectivity index (χ1n) is 6.30. The Morgan fingerprint density at radius 3 is 2.74 bits per heavy atom. The van der Waals surface area contributed by atoms with E-state index in [1.54, 1.807) is 0 Å². The van der Waals surface area contributed by atoms with Gasteiger partial charge in [0.2, 0.25) is 0 Å². The lowest BCUT2D eigenvalue weighted by atomic mass is 10.1. The van der Waals surface area contributed by atoms with Crippen molar-refractivity contribution in [3.63, 3.8) is 0 Å². The lowest BCUT2D eigenvalue weighted by Gasteiger charge is -2.27. The van der Waals surface area contributed by atoms with Gasteiger partial charge in [0.25, 0.3) is 0 Å². The summed E-state index contributed by atoms with van der Waals surface area (Å²) in [5.41, 5.74) is 1.02. The van der Waals surface area contributed by atoms with Gasteiger partial charge in [0, 0.05) is 24.2 Å². The summed E-state index contributed by atoms with van der Waals surface area (Å²) in [6.07, 6.45) is 2.50. The Labute approximate surface area is 119 Å². The zero-order chi connectivity index (χ0) is 13.9. The van der Waals surface area contributed by atoms with Crippen molar-refractivity contribution >= 4 is 21.4 Å².